The van der Waals surface area contributed by atoms with Crippen LogP contribution in [0, 0.1) is 5.92 Å². The van der Waals surface area contributed by atoms with Crippen LogP contribution in [0.15, 0.2) is 22.8 Å². The minimum atomic E-state index is 0.605. The highest BCUT2D eigenvalue weighted by Gasteiger charge is 2.18. The van der Waals surface area contributed by atoms with Crippen LogP contribution >= 0.6 is 15.9 Å². The van der Waals surface area contributed by atoms with Crippen LogP contribution in [0.5, 0.6) is 0 Å². The third kappa shape index (κ3) is 4.36. The van der Waals surface area contributed by atoms with Crippen molar-refractivity contribution in [3.05, 3.63) is 28.5 Å². The van der Waals surface area contributed by atoms with Crippen LogP contribution in [0.25, 0.3) is 0 Å². The summed E-state index contributed by atoms with van der Waals surface area (Å²) in [5, 5.41) is 3.64. The van der Waals surface area contributed by atoms with Gasteiger partial charge in [-0.2, -0.15) is 0 Å². The van der Waals surface area contributed by atoms with E-state index in [4.69, 9.17) is 0 Å². The fraction of sp³-hybridized carbons (Fsp3) is 0.667. The zero-order valence-corrected chi connectivity index (χ0v) is 12.7. The molecule has 0 aliphatic heterocycles. The van der Waals surface area contributed by atoms with Crippen molar-refractivity contribution < 1.29 is 0 Å². The lowest BCUT2D eigenvalue weighted by Crippen LogP contribution is -2.33. The van der Waals surface area contributed by atoms with Crippen LogP contribution in [0.4, 0.5) is 0 Å². The molecule has 3 heteroatoms. The molecule has 1 fully saturated rings. The second-order valence-corrected chi connectivity index (χ2v) is 6.30. The molecule has 100 valence electrons. The smallest absolute Gasteiger partial charge is 0.0542 e. The number of nitrogens with zero attached hydrogens (tertiary/aromatic N) is 1. The molecule has 0 spiro atoms. The maximum atomic E-state index is 4.40. The second-order valence-electron chi connectivity index (χ2n) is 5.39. The standard InChI is InChI=1S/C15H23BrN2/c1-12(13-6-4-2-3-5-7-13)17-11-15-9-8-14(16)10-18-15/h8-10,12-13,17H,2-7,11H2,1H3/t12-/m1/s1. The highest BCUT2D eigenvalue weighted by Crippen LogP contribution is 2.25. The first-order valence-corrected chi connectivity index (χ1v) is 7.89. The Kier molecular flexibility index (Phi) is 5.64. The molecule has 18 heavy (non-hydrogen) atoms. The Labute approximate surface area is 119 Å². The van der Waals surface area contributed by atoms with Gasteiger partial charge in [0.2, 0.25) is 0 Å². The van der Waals surface area contributed by atoms with Gasteiger partial charge in [-0.15, -0.1) is 0 Å². The number of hydrogen-bond donors (Lipinski definition) is 1. The minimum absolute atomic E-state index is 0.605. The molecule has 1 N–H and O–H groups in total. The van der Waals surface area contributed by atoms with E-state index in [9.17, 15) is 0 Å². The maximum Gasteiger partial charge on any atom is 0.0542 e. The predicted molar refractivity (Wildman–Crippen MR) is 79.4 cm³/mol. The van der Waals surface area contributed by atoms with Crippen molar-refractivity contribution in [2.75, 3.05) is 0 Å². The molecular formula is C15H23BrN2. The SMILES string of the molecule is C[C@@H](NCc1ccc(Br)cn1)C1CCCCCC1. The summed E-state index contributed by atoms with van der Waals surface area (Å²) in [6.07, 6.45) is 10.3. The fourth-order valence-corrected chi connectivity index (χ4v) is 2.99. The fourth-order valence-electron chi connectivity index (χ4n) is 2.75. The summed E-state index contributed by atoms with van der Waals surface area (Å²) in [6, 6.07) is 4.74. The van der Waals surface area contributed by atoms with Crippen molar-refractivity contribution in [2.24, 2.45) is 5.92 Å². The Morgan fingerprint density at radius 1 is 1.28 bits per heavy atom. The van der Waals surface area contributed by atoms with E-state index in [1.807, 2.05) is 6.20 Å². The molecule has 2 nitrogen and oxygen atoms in total. The summed E-state index contributed by atoms with van der Waals surface area (Å²) < 4.78 is 1.04. The highest BCUT2D eigenvalue weighted by atomic mass is 79.9. The third-order valence-corrected chi connectivity index (χ3v) is 4.47. The van der Waals surface area contributed by atoms with Crippen LogP contribution in [0.3, 0.4) is 0 Å². The predicted octanol–water partition coefficient (Wildman–Crippen LogP) is 4.29. The van der Waals surface area contributed by atoms with Gasteiger partial charge in [0, 0.05) is 23.3 Å². The average Bonchev–Trinajstić information content (AvgIpc) is 2.66. The molecular weight excluding hydrogens is 288 g/mol. The van der Waals surface area contributed by atoms with Crippen LogP contribution < -0.4 is 5.32 Å². The molecule has 1 saturated carbocycles. The molecule has 0 aromatic carbocycles. The summed E-state index contributed by atoms with van der Waals surface area (Å²) in [6.45, 7) is 3.21. The summed E-state index contributed by atoms with van der Waals surface area (Å²) >= 11 is 3.41. The van der Waals surface area contributed by atoms with Gasteiger partial charge in [-0.25, -0.2) is 0 Å². The monoisotopic (exact) mass is 310 g/mol. The van der Waals surface area contributed by atoms with Crippen molar-refractivity contribution in [1.82, 2.24) is 10.3 Å². The number of aromatic nitrogens is 1. The molecule has 0 radical (unpaired) electrons. The Bertz CT molecular complexity index is 342. The van der Waals surface area contributed by atoms with Gasteiger partial charge in [0.15, 0.2) is 0 Å². The first kappa shape index (κ1) is 14.0. The normalized spacial score (nSPS) is 19.4. The van der Waals surface area contributed by atoms with E-state index in [1.165, 1.54) is 38.5 Å². The van der Waals surface area contributed by atoms with Crippen LogP contribution in [-0.2, 0) is 6.54 Å². The number of hydrogen-bond acceptors (Lipinski definition) is 2. The van der Waals surface area contributed by atoms with E-state index in [0.717, 1.165) is 22.6 Å². The Hall–Kier alpha value is -0.410. The quantitative estimate of drug-likeness (QED) is 0.839. The number of nitrogens with one attached hydrogen (secondary N) is 1. The molecule has 1 aliphatic carbocycles. The number of rotatable bonds is 4. The van der Waals surface area contributed by atoms with E-state index in [1.54, 1.807) is 0 Å². The Morgan fingerprint density at radius 2 is 2.00 bits per heavy atom. The first-order chi connectivity index (χ1) is 8.75. The first-order valence-electron chi connectivity index (χ1n) is 7.09. The Balaban J connectivity index is 1.79. The lowest BCUT2D eigenvalue weighted by molar-refractivity contribution is 0.335. The van der Waals surface area contributed by atoms with E-state index < -0.39 is 0 Å². The molecule has 1 atom stereocenters. The van der Waals surface area contributed by atoms with E-state index >= 15 is 0 Å². The summed E-state index contributed by atoms with van der Waals surface area (Å²) in [5.74, 6) is 0.850. The van der Waals surface area contributed by atoms with Gasteiger partial charge in [-0.1, -0.05) is 25.7 Å². The zero-order chi connectivity index (χ0) is 12.8. The summed E-state index contributed by atoms with van der Waals surface area (Å²) in [4.78, 5) is 4.40. The minimum Gasteiger partial charge on any atom is -0.308 e. The highest BCUT2D eigenvalue weighted by molar-refractivity contribution is 9.10. The molecule has 0 amide bonds. The van der Waals surface area contributed by atoms with Gasteiger partial charge in [0.05, 0.1) is 5.69 Å². The van der Waals surface area contributed by atoms with Crippen LogP contribution in [0.1, 0.15) is 51.1 Å². The molecule has 1 aliphatic rings. The summed E-state index contributed by atoms with van der Waals surface area (Å²) in [7, 11) is 0. The molecule has 0 saturated heterocycles. The number of halogens is 1. The van der Waals surface area contributed by atoms with Gasteiger partial charge < -0.3 is 5.32 Å². The van der Waals surface area contributed by atoms with Gasteiger partial charge in [-0.05, 0) is 53.7 Å². The Morgan fingerprint density at radius 3 is 2.61 bits per heavy atom. The van der Waals surface area contributed by atoms with E-state index in [-0.39, 0.29) is 0 Å². The topological polar surface area (TPSA) is 24.9 Å². The van der Waals surface area contributed by atoms with Crippen LogP contribution in [0.2, 0.25) is 0 Å². The zero-order valence-electron chi connectivity index (χ0n) is 11.2. The van der Waals surface area contributed by atoms with Gasteiger partial charge in [-0.3, -0.25) is 4.98 Å². The largest absolute Gasteiger partial charge is 0.308 e. The third-order valence-electron chi connectivity index (χ3n) is 4.00. The van der Waals surface area contributed by atoms with Crippen molar-refractivity contribution >= 4 is 15.9 Å². The second kappa shape index (κ2) is 7.25. The summed E-state index contributed by atoms with van der Waals surface area (Å²) in [5.41, 5.74) is 1.12. The van der Waals surface area contributed by atoms with Gasteiger partial charge in [0.1, 0.15) is 0 Å². The molecule has 0 bridgehead atoms. The molecule has 1 aromatic rings. The van der Waals surface area contributed by atoms with Crippen molar-refractivity contribution in [1.29, 1.82) is 0 Å². The average molecular weight is 311 g/mol. The van der Waals surface area contributed by atoms with Gasteiger partial charge >= 0.3 is 0 Å². The molecule has 0 unspecified atom stereocenters. The lowest BCUT2D eigenvalue weighted by Gasteiger charge is -2.23. The van der Waals surface area contributed by atoms with E-state index in [2.05, 4.69) is 45.3 Å². The number of pyridine rings is 1. The van der Waals surface area contributed by atoms with Crippen LogP contribution in [-0.4, -0.2) is 11.0 Å². The van der Waals surface area contributed by atoms with E-state index in [0.29, 0.717) is 6.04 Å². The van der Waals surface area contributed by atoms with Gasteiger partial charge in [0.25, 0.3) is 0 Å². The van der Waals surface area contributed by atoms with Crippen molar-refractivity contribution in [3.8, 4) is 0 Å². The maximum absolute atomic E-state index is 4.40. The molecule has 2 rings (SSSR count). The van der Waals surface area contributed by atoms with Crippen molar-refractivity contribution in [3.63, 3.8) is 0 Å². The lowest BCUT2D eigenvalue weighted by atomic mass is 9.93. The molecule has 1 aromatic heterocycles. The molecule has 1 heterocycles. The van der Waals surface area contributed by atoms with Crippen molar-refractivity contribution in [2.45, 2.75) is 58.0 Å².